The van der Waals surface area contributed by atoms with Crippen molar-refractivity contribution in [1.29, 1.82) is 0 Å². The van der Waals surface area contributed by atoms with Crippen LogP contribution in [0.4, 0.5) is 4.39 Å². The third-order valence-electron chi connectivity index (χ3n) is 3.77. The van der Waals surface area contributed by atoms with Crippen molar-refractivity contribution in [1.82, 2.24) is 5.32 Å². The van der Waals surface area contributed by atoms with Gasteiger partial charge in [0.15, 0.2) is 0 Å². The number of benzene rings is 2. The molecule has 3 heteroatoms. The van der Waals surface area contributed by atoms with Crippen molar-refractivity contribution in [3.05, 3.63) is 71.5 Å². The number of ether oxygens (including phenoxy) is 1. The summed E-state index contributed by atoms with van der Waals surface area (Å²) >= 11 is 0. The van der Waals surface area contributed by atoms with Crippen LogP contribution in [0.5, 0.6) is 0 Å². The Kier molecular flexibility index (Phi) is 3.81. The predicted molar refractivity (Wildman–Crippen MR) is 76.9 cm³/mol. The van der Waals surface area contributed by atoms with E-state index in [1.54, 1.807) is 12.1 Å². The zero-order valence-corrected chi connectivity index (χ0v) is 11.4. The van der Waals surface area contributed by atoms with Gasteiger partial charge in [0.05, 0.1) is 12.6 Å². The topological polar surface area (TPSA) is 21.3 Å². The first-order chi connectivity index (χ1) is 9.75. The maximum Gasteiger partial charge on any atom is 0.129 e. The van der Waals surface area contributed by atoms with E-state index >= 15 is 0 Å². The first kappa shape index (κ1) is 13.3. The summed E-state index contributed by atoms with van der Waals surface area (Å²) in [5, 5.41) is 3.52. The molecule has 2 aromatic carbocycles. The van der Waals surface area contributed by atoms with E-state index in [1.807, 2.05) is 31.2 Å². The number of morpholine rings is 1. The Bertz CT molecular complexity index is 572. The van der Waals surface area contributed by atoms with Gasteiger partial charge in [0.1, 0.15) is 11.9 Å². The molecule has 0 aromatic heterocycles. The second kappa shape index (κ2) is 5.73. The minimum Gasteiger partial charge on any atom is -0.370 e. The zero-order chi connectivity index (χ0) is 13.9. The molecule has 0 amide bonds. The Balaban J connectivity index is 1.76. The molecule has 0 bridgehead atoms. The van der Waals surface area contributed by atoms with Crippen LogP contribution in [-0.2, 0) is 4.74 Å². The van der Waals surface area contributed by atoms with E-state index in [-0.39, 0.29) is 24.0 Å². The minimum atomic E-state index is -0.240. The van der Waals surface area contributed by atoms with Crippen LogP contribution < -0.4 is 5.32 Å². The monoisotopic (exact) mass is 271 g/mol. The van der Waals surface area contributed by atoms with Crippen LogP contribution in [0.15, 0.2) is 54.6 Å². The Labute approximate surface area is 118 Å². The van der Waals surface area contributed by atoms with Crippen LogP contribution in [0.25, 0.3) is 0 Å². The van der Waals surface area contributed by atoms with E-state index in [1.165, 1.54) is 11.6 Å². The van der Waals surface area contributed by atoms with E-state index in [4.69, 9.17) is 4.74 Å². The van der Waals surface area contributed by atoms with E-state index in [9.17, 15) is 4.39 Å². The predicted octanol–water partition coefficient (Wildman–Crippen LogP) is 3.62. The molecule has 0 saturated carbocycles. The van der Waals surface area contributed by atoms with Crippen molar-refractivity contribution in [3.63, 3.8) is 0 Å². The molecule has 1 saturated heterocycles. The molecule has 2 aromatic rings. The van der Waals surface area contributed by atoms with Crippen molar-refractivity contribution in [3.8, 4) is 0 Å². The van der Waals surface area contributed by atoms with Crippen molar-refractivity contribution < 1.29 is 9.13 Å². The second-order valence-corrected chi connectivity index (χ2v) is 5.19. The fourth-order valence-corrected chi connectivity index (χ4v) is 2.74. The van der Waals surface area contributed by atoms with Gasteiger partial charge >= 0.3 is 0 Å². The Morgan fingerprint density at radius 2 is 1.75 bits per heavy atom. The van der Waals surface area contributed by atoms with Crippen LogP contribution in [-0.4, -0.2) is 12.6 Å². The van der Waals surface area contributed by atoms with Crippen molar-refractivity contribution in [2.24, 2.45) is 0 Å². The minimum absolute atomic E-state index is 0.0610. The third-order valence-corrected chi connectivity index (χ3v) is 3.77. The molecular formula is C17H18FNO. The summed E-state index contributed by atoms with van der Waals surface area (Å²) < 4.78 is 19.8. The summed E-state index contributed by atoms with van der Waals surface area (Å²) in [7, 11) is 0. The van der Waals surface area contributed by atoms with Crippen LogP contribution in [0.2, 0.25) is 0 Å². The SMILES string of the molecule is CC1NC(c2ccccc2)COC1c1ccccc1F. The van der Waals surface area contributed by atoms with Crippen LogP contribution in [0.3, 0.4) is 0 Å². The smallest absolute Gasteiger partial charge is 0.129 e. The van der Waals surface area contributed by atoms with Gasteiger partial charge in [-0.05, 0) is 18.6 Å². The summed E-state index contributed by atoms with van der Waals surface area (Å²) in [6.45, 7) is 2.58. The number of halogens is 1. The molecule has 3 atom stereocenters. The van der Waals surface area contributed by atoms with Gasteiger partial charge < -0.3 is 10.1 Å². The standard InChI is InChI=1S/C17H18FNO/c1-12-17(14-9-5-6-10-15(14)18)20-11-16(19-12)13-7-3-2-4-8-13/h2-10,12,16-17,19H,11H2,1H3. The molecule has 2 nitrogen and oxygen atoms in total. The van der Waals surface area contributed by atoms with Crippen molar-refractivity contribution in [2.45, 2.75) is 25.1 Å². The molecule has 1 aliphatic rings. The average molecular weight is 271 g/mol. The molecule has 3 unspecified atom stereocenters. The first-order valence-electron chi connectivity index (χ1n) is 6.93. The van der Waals surface area contributed by atoms with E-state index < -0.39 is 0 Å². The van der Waals surface area contributed by atoms with Crippen molar-refractivity contribution >= 4 is 0 Å². The lowest BCUT2D eigenvalue weighted by molar-refractivity contribution is -0.0270. The van der Waals surface area contributed by atoms with Crippen LogP contribution in [0.1, 0.15) is 30.2 Å². The van der Waals surface area contributed by atoms with Gasteiger partial charge in [0, 0.05) is 11.6 Å². The summed E-state index contributed by atoms with van der Waals surface area (Å²) in [4.78, 5) is 0. The molecular weight excluding hydrogens is 253 g/mol. The van der Waals surface area contributed by atoms with Gasteiger partial charge in [-0.1, -0.05) is 48.5 Å². The second-order valence-electron chi connectivity index (χ2n) is 5.19. The van der Waals surface area contributed by atoms with Gasteiger partial charge in [-0.2, -0.15) is 0 Å². The van der Waals surface area contributed by atoms with E-state index in [2.05, 4.69) is 17.4 Å². The number of hydrogen-bond acceptors (Lipinski definition) is 2. The summed E-state index contributed by atoms with van der Waals surface area (Å²) in [6.07, 6.45) is -0.240. The molecule has 0 aliphatic carbocycles. The number of hydrogen-bond donors (Lipinski definition) is 1. The van der Waals surface area contributed by atoms with Crippen LogP contribution >= 0.6 is 0 Å². The lowest BCUT2D eigenvalue weighted by Crippen LogP contribution is -2.44. The molecule has 0 radical (unpaired) electrons. The van der Waals surface area contributed by atoms with Gasteiger partial charge in [-0.15, -0.1) is 0 Å². The maximum atomic E-state index is 13.9. The quantitative estimate of drug-likeness (QED) is 0.900. The maximum absolute atomic E-state index is 13.9. The average Bonchev–Trinajstić information content (AvgIpc) is 2.49. The highest BCUT2D eigenvalue weighted by molar-refractivity contribution is 5.24. The molecule has 3 rings (SSSR count). The van der Waals surface area contributed by atoms with Crippen LogP contribution in [0, 0.1) is 5.82 Å². The molecule has 1 aliphatic heterocycles. The lowest BCUT2D eigenvalue weighted by atomic mass is 9.97. The summed E-state index contributed by atoms with van der Waals surface area (Å²) in [5.41, 5.74) is 1.82. The largest absolute Gasteiger partial charge is 0.370 e. The third kappa shape index (κ3) is 2.60. The Hall–Kier alpha value is -1.71. The summed E-state index contributed by atoms with van der Waals surface area (Å²) in [5.74, 6) is -0.204. The highest BCUT2D eigenvalue weighted by Crippen LogP contribution is 2.31. The number of rotatable bonds is 2. The molecule has 104 valence electrons. The lowest BCUT2D eigenvalue weighted by Gasteiger charge is -2.36. The molecule has 1 N–H and O–H groups in total. The van der Waals surface area contributed by atoms with Gasteiger partial charge in [-0.25, -0.2) is 4.39 Å². The van der Waals surface area contributed by atoms with Gasteiger partial charge in [0.2, 0.25) is 0 Å². The van der Waals surface area contributed by atoms with E-state index in [0.29, 0.717) is 12.2 Å². The Morgan fingerprint density at radius 3 is 2.45 bits per heavy atom. The first-order valence-corrected chi connectivity index (χ1v) is 6.93. The highest BCUT2D eigenvalue weighted by Gasteiger charge is 2.30. The Morgan fingerprint density at radius 1 is 1.05 bits per heavy atom. The molecule has 0 spiro atoms. The fourth-order valence-electron chi connectivity index (χ4n) is 2.74. The molecule has 1 heterocycles. The van der Waals surface area contributed by atoms with Gasteiger partial charge in [-0.3, -0.25) is 0 Å². The van der Waals surface area contributed by atoms with Gasteiger partial charge in [0.25, 0.3) is 0 Å². The molecule has 20 heavy (non-hydrogen) atoms. The fraction of sp³-hybridized carbons (Fsp3) is 0.294. The number of nitrogens with one attached hydrogen (secondary N) is 1. The van der Waals surface area contributed by atoms with E-state index in [0.717, 1.165) is 0 Å². The van der Waals surface area contributed by atoms with Crippen molar-refractivity contribution in [2.75, 3.05) is 6.61 Å². The summed E-state index contributed by atoms with van der Waals surface area (Å²) in [6, 6.07) is 17.2. The normalized spacial score (nSPS) is 26.4. The zero-order valence-electron chi connectivity index (χ0n) is 11.4. The highest BCUT2D eigenvalue weighted by atomic mass is 19.1. The molecule has 1 fully saturated rings.